The Morgan fingerprint density at radius 3 is 1.74 bits per heavy atom. The first-order valence-corrected chi connectivity index (χ1v) is 11.5. The van der Waals surface area contributed by atoms with Crippen LogP contribution in [0.25, 0.3) is 10.4 Å². The SMILES string of the molecule is [N-]=[N+]=N[C@@H]1C(F)O[C@H](COCc2ccccc2)[C@@H](OCc2ccccc2)[C@@H]1OCc1ccccc1. The zero-order chi connectivity index (χ0) is 24.3. The van der Waals surface area contributed by atoms with E-state index in [0.29, 0.717) is 6.61 Å². The molecule has 0 aromatic heterocycles. The highest BCUT2D eigenvalue weighted by Crippen LogP contribution is 2.31. The lowest BCUT2D eigenvalue weighted by Crippen LogP contribution is -2.58. The lowest BCUT2D eigenvalue weighted by molar-refractivity contribution is -0.253. The van der Waals surface area contributed by atoms with Crippen molar-refractivity contribution in [1.82, 2.24) is 0 Å². The second-order valence-corrected chi connectivity index (χ2v) is 8.24. The minimum Gasteiger partial charge on any atom is -0.374 e. The molecule has 3 aromatic carbocycles. The third-order valence-electron chi connectivity index (χ3n) is 5.75. The number of alkyl halides is 1. The van der Waals surface area contributed by atoms with Gasteiger partial charge in [-0.05, 0) is 22.2 Å². The summed E-state index contributed by atoms with van der Waals surface area (Å²) in [6.07, 6.45) is -4.21. The van der Waals surface area contributed by atoms with Crippen molar-refractivity contribution in [3.05, 3.63) is 118 Å². The quantitative estimate of drug-likeness (QED) is 0.200. The van der Waals surface area contributed by atoms with Crippen LogP contribution in [-0.2, 0) is 38.8 Å². The number of rotatable bonds is 11. The molecule has 7 nitrogen and oxygen atoms in total. The molecule has 0 N–H and O–H groups in total. The second-order valence-electron chi connectivity index (χ2n) is 8.24. The Hall–Kier alpha value is -3.26. The van der Waals surface area contributed by atoms with E-state index in [1.165, 1.54) is 0 Å². The predicted molar refractivity (Wildman–Crippen MR) is 129 cm³/mol. The average molecular weight is 478 g/mol. The summed E-state index contributed by atoms with van der Waals surface area (Å²) < 4.78 is 38.9. The van der Waals surface area contributed by atoms with Gasteiger partial charge in [-0.1, -0.05) is 96.1 Å². The molecule has 35 heavy (non-hydrogen) atoms. The molecule has 0 radical (unpaired) electrons. The van der Waals surface area contributed by atoms with E-state index in [1.54, 1.807) is 0 Å². The van der Waals surface area contributed by atoms with Gasteiger partial charge in [0.05, 0.1) is 26.4 Å². The Balaban J connectivity index is 1.52. The molecule has 0 amide bonds. The zero-order valence-electron chi connectivity index (χ0n) is 19.2. The number of azide groups is 1. The van der Waals surface area contributed by atoms with Crippen LogP contribution in [0.2, 0.25) is 0 Å². The molecule has 1 fully saturated rings. The van der Waals surface area contributed by atoms with E-state index in [-0.39, 0.29) is 19.8 Å². The first-order valence-electron chi connectivity index (χ1n) is 11.5. The lowest BCUT2D eigenvalue weighted by Gasteiger charge is -2.42. The zero-order valence-corrected chi connectivity index (χ0v) is 19.2. The van der Waals surface area contributed by atoms with Crippen molar-refractivity contribution in [2.24, 2.45) is 5.11 Å². The van der Waals surface area contributed by atoms with Gasteiger partial charge in [0.2, 0.25) is 6.36 Å². The van der Waals surface area contributed by atoms with Gasteiger partial charge in [0.1, 0.15) is 24.4 Å². The number of hydrogen-bond acceptors (Lipinski definition) is 5. The van der Waals surface area contributed by atoms with E-state index in [2.05, 4.69) is 10.0 Å². The number of nitrogens with zero attached hydrogens (tertiary/aromatic N) is 3. The van der Waals surface area contributed by atoms with Crippen LogP contribution < -0.4 is 0 Å². The van der Waals surface area contributed by atoms with E-state index in [9.17, 15) is 0 Å². The topological polar surface area (TPSA) is 85.7 Å². The molecule has 4 rings (SSSR count). The van der Waals surface area contributed by atoms with Gasteiger partial charge in [-0.2, -0.15) is 0 Å². The average Bonchev–Trinajstić information content (AvgIpc) is 2.90. The Morgan fingerprint density at radius 1 is 0.743 bits per heavy atom. The lowest BCUT2D eigenvalue weighted by atomic mass is 9.97. The molecular formula is C27H28FN3O4. The smallest absolute Gasteiger partial charge is 0.210 e. The molecule has 1 aliphatic heterocycles. The predicted octanol–water partition coefficient (Wildman–Crippen LogP) is 5.75. The normalized spacial score (nSPS) is 24.0. The number of hydrogen-bond donors (Lipinski definition) is 0. The first kappa shape index (κ1) is 24.9. The minimum atomic E-state index is -1.85. The molecular weight excluding hydrogens is 449 g/mol. The van der Waals surface area contributed by atoms with Crippen LogP contribution in [0.1, 0.15) is 16.7 Å². The van der Waals surface area contributed by atoms with Crippen molar-refractivity contribution >= 4 is 0 Å². The van der Waals surface area contributed by atoms with Gasteiger partial charge in [0.25, 0.3) is 0 Å². The molecule has 0 bridgehead atoms. The fourth-order valence-corrected chi connectivity index (χ4v) is 3.99. The van der Waals surface area contributed by atoms with Gasteiger partial charge in [0.15, 0.2) is 0 Å². The minimum absolute atomic E-state index is 0.0863. The van der Waals surface area contributed by atoms with Crippen LogP contribution in [0.5, 0.6) is 0 Å². The Morgan fingerprint density at radius 2 is 1.23 bits per heavy atom. The van der Waals surface area contributed by atoms with Crippen molar-refractivity contribution in [2.75, 3.05) is 6.61 Å². The monoisotopic (exact) mass is 477 g/mol. The number of ether oxygens (including phenoxy) is 4. The molecule has 1 unspecified atom stereocenters. The fraction of sp³-hybridized carbons (Fsp3) is 0.333. The maximum atomic E-state index is 15.1. The molecule has 1 heterocycles. The highest BCUT2D eigenvalue weighted by atomic mass is 19.1. The fourth-order valence-electron chi connectivity index (χ4n) is 3.99. The highest BCUT2D eigenvalue weighted by molar-refractivity contribution is 5.15. The van der Waals surface area contributed by atoms with Gasteiger partial charge in [-0.25, -0.2) is 4.39 Å². The molecule has 1 aliphatic rings. The van der Waals surface area contributed by atoms with Crippen LogP contribution >= 0.6 is 0 Å². The summed E-state index contributed by atoms with van der Waals surface area (Å²) in [7, 11) is 0. The number of benzene rings is 3. The molecule has 182 valence electrons. The molecule has 5 atom stereocenters. The van der Waals surface area contributed by atoms with E-state index < -0.39 is 30.7 Å². The van der Waals surface area contributed by atoms with Crippen molar-refractivity contribution in [2.45, 2.75) is 50.5 Å². The van der Waals surface area contributed by atoms with Crippen LogP contribution in [0.3, 0.4) is 0 Å². The molecule has 1 saturated heterocycles. The van der Waals surface area contributed by atoms with Crippen molar-refractivity contribution < 1.29 is 23.3 Å². The molecule has 8 heteroatoms. The Bertz CT molecular complexity index is 1070. The largest absolute Gasteiger partial charge is 0.374 e. The molecule has 3 aromatic rings. The molecule has 0 saturated carbocycles. The third kappa shape index (κ3) is 7.11. The Labute approximate surface area is 204 Å². The maximum Gasteiger partial charge on any atom is 0.210 e. The summed E-state index contributed by atoms with van der Waals surface area (Å²) in [6, 6.07) is 27.6. The standard InChI is InChI=1S/C27H28FN3O4/c28-27-24(30-31-29)26(34-18-22-14-8-3-9-15-22)25(33-17-21-12-6-2-7-13-21)23(35-27)19-32-16-20-10-4-1-5-11-20/h1-15,23-27H,16-19H2/t23-,24+,25-,26-,27?/m1/s1. The van der Waals surface area contributed by atoms with E-state index in [0.717, 1.165) is 16.7 Å². The van der Waals surface area contributed by atoms with Crippen LogP contribution in [0, 0.1) is 0 Å². The summed E-state index contributed by atoms with van der Waals surface area (Å²) in [5, 5.41) is 3.66. The van der Waals surface area contributed by atoms with Crippen LogP contribution in [-0.4, -0.2) is 37.3 Å². The van der Waals surface area contributed by atoms with Crippen molar-refractivity contribution in [3.8, 4) is 0 Å². The van der Waals surface area contributed by atoms with E-state index >= 15 is 4.39 Å². The van der Waals surface area contributed by atoms with E-state index in [4.69, 9.17) is 24.5 Å². The van der Waals surface area contributed by atoms with Crippen LogP contribution in [0.4, 0.5) is 4.39 Å². The maximum absolute atomic E-state index is 15.1. The van der Waals surface area contributed by atoms with Gasteiger partial charge in [0, 0.05) is 4.91 Å². The summed E-state index contributed by atoms with van der Waals surface area (Å²) >= 11 is 0. The van der Waals surface area contributed by atoms with E-state index in [1.807, 2.05) is 91.0 Å². The van der Waals surface area contributed by atoms with Gasteiger partial charge < -0.3 is 18.9 Å². The van der Waals surface area contributed by atoms with Gasteiger partial charge >= 0.3 is 0 Å². The van der Waals surface area contributed by atoms with Crippen molar-refractivity contribution in [3.63, 3.8) is 0 Å². The van der Waals surface area contributed by atoms with Crippen LogP contribution in [0.15, 0.2) is 96.1 Å². The second kappa shape index (κ2) is 13.0. The first-order chi connectivity index (χ1) is 17.2. The summed E-state index contributed by atoms with van der Waals surface area (Å²) in [4.78, 5) is 2.83. The van der Waals surface area contributed by atoms with Gasteiger partial charge in [-0.3, -0.25) is 0 Å². The third-order valence-corrected chi connectivity index (χ3v) is 5.75. The highest BCUT2D eigenvalue weighted by Gasteiger charge is 2.47. The summed E-state index contributed by atoms with van der Waals surface area (Å²) in [6.45, 7) is 0.898. The summed E-state index contributed by atoms with van der Waals surface area (Å²) in [5.41, 5.74) is 11.9. The van der Waals surface area contributed by atoms with Crippen molar-refractivity contribution in [1.29, 1.82) is 0 Å². The number of halogens is 1. The molecule has 0 aliphatic carbocycles. The summed E-state index contributed by atoms with van der Waals surface area (Å²) in [5.74, 6) is 0. The Kier molecular flexibility index (Phi) is 9.23. The van der Waals surface area contributed by atoms with Gasteiger partial charge in [-0.15, -0.1) is 0 Å². The molecule has 0 spiro atoms.